The Morgan fingerprint density at radius 2 is 2.47 bits per heavy atom. The molecule has 0 radical (unpaired) electrons. The molecule has 1 aliphatic rings. The average molecular weight is 210 g/mol. The third-order valence-corrected chi connectivity index (χ3v) is 2.74. The van der Waals surface area contributed by atoms with Crippen molar-refractivity contribution in [2.45, 2.75) is 31.8 Å². The highest BCUT2D eigenvalue weighted by Crippen LogP contribution is 2.28. The Hall–Kier alpha value is -1.36. The van der Waals surface area contributed by atoms with Gasteiger partial charge in [0, 0.05) is 5.69 Å². The van der Waals surface area contributed by atoms with Crippen molar-refractivity contribution in [3.05, 3.63) is 17.0 Å². The third kappa shape index (κ3) is 1.87. The number of hydrogen-bond donors (Lipinski definition) is 2. The molecule has 1 atom stereocenters. The summed E-state index contributed by atoms with van der Waals surface area (Å²) in [5, 5.41) is 16.7. The summed E-state index contributed by atoms with van der Waals surface area (Å²) < 4.78 is 4.50. The highest BCUT2D eigenvalue weighted by molar-refractivity contribution is 5.70. The SMILES string of the molecule is COC(=O)C[C@@H](O)c1n[nH]c2c1CCC2. The van der Waals surface area contributed by atoms with Gasteiger partial charge in [-0.1, -0.05) is 0 Å². The first-order valence-corrected chi connectivity index (χ1v) is 5.03. The van der Waals surface area contributed by atoms with Crippen LogP contribution in [0.2, 0.25) is 0 Å². The van der Waals surface area contributed by atoms with E-state index in [1.54, 1.807) is 0 Å². The Morgan fingerprint density at radius 3 is 3.20 bits per heavy atom. The number of methoxy groups -OCH3 is 1. The van der Waals surface area contributed by atoms with Gasteiger partial charge in [-0.3, -0.25) is 9.89 Å². The molecule has 0 saturated heterocycles. The standard InChI is InChI=1S/C10H14N2O3/c1-15-9(14)5-8(13)10-6-3-2-4-7(6)11-12-10/h8,13H,2-5H2,1H3,(H,11,12)/t8-/m1/s1. The van der Waals surface area contributed by atoms with Crippen LogP contribution in [0.3, 0.4) is 0 Å². The molecule has 0 saturated carbocycles. The van der Waals surface area contributed by atoms with Gasteiger partial charge in [0.2, 0.25) is 0 Å². The maximum Gasteiger partial charge on any atom is 0.308 e. The van der Waals surface area contributed by atoms with Gasteiger partial charge >= 0.3 is 5.97 Å². The van der Waals surface area contributed by atoms with Crippen LogP contribution in [0.1, 0.15) is 35.9 Å². The van der Waals surface area contributed by atoms with Crippen LogP contribution in [-0.2, 0) is 22.4 Å². The Balaban J connectivity index is 2.12. The Bertz CT molecular complexity index is 373. The van der Waals surface area contributed by atoms with E-state index in [-0.39, 0.29) is 6.42 Å². The first-order valence-electron chi connectivity index (χ1n) is 5.03. The van der Waals surface area contributed by atoms with Crippen LogP contribution in [0.15, 0.2) is 0 Å². The van der Waals surface area contributed by atoms with E-state index in [1.807, 2.05) is 0 Å². The predicted molar refractivity (Wildman–Crippen MR) is 52.2 cm³/mol. The van der Waals surface area contributed by atoms with E-state index in [0.29, 0.717) is 5.69 Å². The van der Waals surface area contributed by atoms with Crippen molar-refractivity contribution in [2.24, 2.45) is 0 Å². The van der Waals surface area contributed by atoms with E-state index < -0.39 is 12.1 Å². The molecule has 82 valence electrons. The largest absolute Gasteiger partial charge is 0.469 e. The number of nitrogens with one attached hydrogen (secondary N) is 1. The molecule has 5 heteroatoms. The maximum absolute atomic E-state index is 11.0. The summed E-state index contributed by atoms with van der Waals surface area (Å²) in [6, 6.07) is 0. The van der Waals surface area contributed by atoms with Crippen molar-refractivity contribution in [1.29, 1.82) is 0 Å². The van der Waals surface area contributed by atoms with Gasteiger partial charge in [0.1, 0.15) is 6.10 Å². The van der Waals surface area contributed by atoms with Crippen LogP contribution in [0.4, 0.5) is 0 Å². The Kier molecular flexibility index (Phi) is 2.73. The Morgan fingerprint density at radius 1 is 1.67 bits per heavy atom. The number of carbonyl (C=O) groups excluding carboxylic acids is 1. The molecule has 1 heterocycles. The van der Waals surface area contributed by atoms with Crippen LogP contribution >= 0.6 is 0 Å². The second kappa shape index (κ2) is 4.02. The summed E-state index contributed by atoms with van der Waals surface area (Å²) >= 11 is 0. The molecular weight excluding hydrogens is 196 g/mol. The summed E-state index contributed by atoms with van der Waals surface area (Å²) in [5.74, 6) is -0.419. The molecule has 0 amide bonds. The van der Waals surface area contributed by atoms with Gasteiger partial charge in [-0.25, -0.2) is 0 Å². The summed E-state index contributed by atoms with van der Waals surface area (Å²) in [4.78, 5) is 11.0. The zero-order valence-corrected chi connectivity index (χ0v) is 8.62. The quantitative estimate of drug-likeness (QED) is 0.712. The molecule has 1 aromatic heterocycles. The number of H-pyrrole nitrogens is 1. The first-order chi connectivity index (χ1) is 7.22. The summed E-state index contributed by atoms with van der Waals surface area (Å²) in [5.41, 5.74) is 2.77. The monoisotopic (exact) mass is 210 g/mol. The third-order valence-electron chi connectivity index (χ3n) is 2.74. The van der Waals surface area contributed by atoms with E-state index in [0.717, 1.165) is 30.5 Å². The zero-order valence-electron chi connectivity index (χ0n) is 8.62. The molecular formula is C10H14N2O3. The fourth-order valence-corrected chi connectivity index (χ4v) is 1.96. The van der Waals surface area contributed by atoms with Gasteiger partial charge in [0.05, 0.1) is 19.2 Å². The topological polar surface area (TPSA) is 75.2 Å². The van der Waals surface area contributed by atoms with Gasteiger partial charge < -0.3 is 9.84 Å². The average Bonchev–Trinajstić information content (AvgIpc) is 2.77. The van der Waals surface area contributed by atoms with Crippen LogP contribution in [0, 0.1) is 0 Å². The van der Waals surface area contributed by atoms with E-state index in [1.165, 1.54) is 7.11 Å². The number of nitrogens with zero attached hydrogens (tertiary/aromatic N) is 1. The number of carbonyl (C=O) groups is 1. The number of hydrogen-bond acceptors (Lipinski definition) is 4. The highest BCUT2D eigenvalue weighted by atomic mass is 16.5. The summed E-state index contributed by atoms with van der Waals surface area (Å²) in [7, 11) is 1.31. The van der Waals surface area contributed by atoms with Crippen molar-refractivity contribution in [3.63, 3.8) is 0 Å². The molecule has 1 aliphatic carbocycles. The lowest BCUT2D eigenvalue weighted by Gasteiger charge is -2.07. The van der Waals surface area contributed by atoms with E-state index in [2.05, 4.69) is 14.9 Å². The van der Waals surface area contributed by atoms with Crippen molar-refractivity contribution < 1.29 is 14.6 Å². The number of aromatic amines is 1. The molecule has 0 spiro atoms. The number of fused-ring (bicyclic) bond motifs is 1. The second-order valence-corrected chi connectivity index (χ2v) is 3.72. The highest BCUT2D eigenvalue weighted by Gasteiger charge is 2.24. The zero-order chi connectivity index (χ0) is 10.8. The number of esters is 1. The normalized spacial score (nSPS) is 16.1. The number of rotatable bonds is 3. The van der Waals surface area contributed by atoms with E-state index >= 15 is 0 Å². The van der Waals surface area contributed by atoms with E-state index in [9.17, 15) is 9.90 Å². The lowest BCUT2D eigenvalue weighted by Crippen LogP contribution is -2.09. The maximum atomic E-state index is 11.0. The predicted octanol–water partition coefficient (Wildman–Crippen LogP) is 0.495. The number of aromatic nitrogens is 2. The van der Waals surface area contributed by atoms with Crippen LogP contribution in [0.5, 0.6) is 0 Å². The van der Waals surface area contributed by atoms with Gasteiger partial charge in [0.15, 0.2) is 0 Å². The molecule has 0 aromatic carbocycles. The van der Waals surface area contributed by atoms with Crippen molar-refractivity contribution in [3.8, 4) is 0 Å². The number of aliphatic hydroxyl groups excluding tert-OH is 1. The van der Waals surface area contributed by atoms with Gasteiger partial charge in [-0.2, -0.15) is 5.10 Å². The minimum absolute atomic E-state index is 0.0339. The van der Waals surface area contributed by atoms with Gasteiger partial charge in [-0.15, -0.1) is 0 Å². The van der Waals surface area contributed by atoms with Gasteiger partial charge in [-0.05, 0) is 24.8 Å². The fraction of sp³-hybridized carbons (Fsp3) is 0.600. The number of ether oxygens (including phenoxy) is 1. The molecule has 0 unspecified atom stereocenters. The molecule has 1 aromatic rings. The molecule has 2 rings (SSSR count). The van der Waals surface area contributed by atoms with Crippen LogP contribution < -0.4 is 0 Å². The smallest absolute Gasteiger partial charge is 0.308 e. The molecule has 15 heavy (non-hydrogen) atoms. The molecule has 0 fully saturated rings. The van der Waals surface area contributed by atoms with Crippen molar-refractivity contribution in [1.82, 2.24) is 10.2 Å². The lowest BCUT2D eigenvalue weighted by atomic mass is 10.1. The van der Waals surface area contributed by atoms with Crippen LogP contribution in [0.25, 0.3) is 0 Å². The van der Waals surface area contributed by atoms with Crippen LogP contribution in [-0.4, -0.2) is 28.4 Å². The van der Waals surface area contributed by atoms with Gasteiger partial charge in [0.25, 0.3) is 0 Å². The molecule has 0 aliphatic heterocycles. The lowest BCUT2D eigenvalue weighted by molar-refractivity contribution is -0.142. The summed E-state index contributed by atoms with van der Waals surface area (Å²) in [6.07, 6.45) is 2.11. The summed E-state index contributed by atoms with van der Waals surface area (Å²) in [6.45, 7) is 0. The minimum atomic E-state index is -0.851. The second-order valence-electron chi connectivity index (χ2n) is 3.72. The number of aliphatic hydroxyl groups is 1. The Labute approximate surface area is 87.4 Å². The fourth-order valence-electron chi connectivity index (χ4n) is 1.96. The number of aryl methyl sites for hydroxylation is 1. The molecule has 5 nitrogen and oxygen atoms in total. The molecule has 0 bridgehead atoms. The van der Waals surface area contributed by atoms with E-state index in [4.69, 9.17) is 0 Å². The minimum Gasteiger partial charge on any atom is -0.469 e. The first kappa shape index (κ1) is 10.2. The van der Waals surface area contributed by atoms with Crippen molar-refractivity contribution in [2.75, 3.05) is 7.11 Å². The molecule has 2 N–H and O–H groups in total. The van der Waals surface area contributed by atoms with Crippen molar-refractivity contribution >= 4 is 5.97 Å².